The molecule has 12 rings (SSSR count). The van der Waals surface area contributed by atoms with E-state index in [-0.39, 0.29) is 0 Å². The molecule has 0 radical (unpaired) electrons. The molecule has 0 atom stereocenters. The number of hydrogen-bond acceptors (Lipinski definition) is 1. The Kier molecular flexibility index (Phi) is 6.40. The van der Waals surface area contributed by atoms with Gasteiger partial charge in [0, 0.05) is 10.8 Å². The Balaban J connectivity index is 1.12. The van der Waals surface area contributed by atoms with Crippen molar-refractivity contribution in [3.8, 4) is 44.5 Å². The summed E-state index contributed by atoms with van der Waals surface area (Å²) < 4.78 is 6.82. The van der Waals surface area contributed by atoms with Crippen LogP contribution in [0.2, 0.25) is 0 Å². The smallest absolute Gasteiger partial charge is 0.136 e. The fraction of sp³-hybridized carbons (Fsp3) is 0. The van der Waals surface area contributed by atoms with Crippen LogP contribution in [0, 0.1) is 0 Å². The van der Waals surface area contributed by atoms with Crippen LogP contribution in [0.25, 0.3) is 120 Å². The molecule has 1 nitrogen and oxygen atoms in total. The van der Waals surface area contributed by atoms with E-state index in [4.69, 9.17) is 4.42 Å². The highest BCUT2D eigenvalue weighted by molar-refractivity contribution is 6.29. The summed E-state index contributed by atoms with van der Waals surface area (Å²) in [4.78, 5) is 0. The number of hydrogen-bond donors (Lipinski definition) is 0. The Morgan fingerprint density at radius 3 is 1.60 bits per heavy atom. The van der Waals surface area contributed by atoms with Crippen molar-refractivity contribution < 1.29 is 4.42 Å². The molecule has 0 N–H and O–H groups in total. The SMILES string of the molecule is c1ccc(-c2ccc3ccc4c(-c5cc(-c6ccc(-c7cccc8ccccc78)cc6)cc6oc7cc8ccccc8cc7c56)ccc5ccc2c3c54)cc1. The minimum Gasteiger partial charge on any atom is -0.456 e. The Labute approximate surface area is 317 Å². The molecule has 0 fully saturated rings. The zero-order chi connectivity index (χ0) is 36.0. The lowest BCUT2D eigenvalue weighted by molar-refractivity contribution is 0.669. The van der Waals surface area contributed by atoms with Crippen molar-refractivity contribution in [1.29, 1.82) is 0 Å². The van der Waals surface area contributed by atoms with E-state index in [1.165, 1.54) is 87.2 Å². The first-order chi connectivity index (χ1) is 27.2. The molecule has 1 heteroatoms. The second kappa shape index (κ2) is 11.6. The highest BCUT2D eigenvalue weighted by Gasteiger charge is 2.20. The van der Waals surface area contributed by atoms with E-state index < -0.39 is 0 Å². The number of rotatable bonds is 4. The largest absolute Gasteiger partial charge is 0.456 e. The molecule has 1 aromatic heterocycles. The average molecular weight is 697 g/mol. The highest BCUT2D eigenvalue weighted by atomic mass is 16.3. The van der Waals surface area contributed by atoms with E-state index in [9.17, 15) is 0 Å². The van der Waals surface area contributed by atoms with Crippen LogP contribution in [0.4, 0.5) is 0 Å². The Hall–Kier alpha value is -7.22. The van der Waals surface area contributed by atoms with Gasteiger partial charge < -0.3 is 4.42 Å². The predicted molar refractivity (Wildman–Crippen MR) is 234 cm³/mol. The third-order valence-electron chi connectivity index (χ3n) is 11.8. The zero-order valence-corrected chi connectivity index (χ0v) is 29.9. The Morgan fingerprint density at radius 1 is 0.236 bits per heavy atom. The molecule has 0 amide bonds. The maximum atomic E-state index is 6.82. The number of benzene rings is 11. The van der Waals surface area contributed by atoms with Gasteiger partial charge in [0.15, 0.2) is 0 Å². The molecule has 11 aromatic carbocycles. The lowest BCUT2D eigenvalue weighted by atomic mass is 9.86. The molecular formula is C54H32O. The number of furan rings is 1. The van der Waals surface area contributed by atoms with E-state index in [0.29, 0.717) is 0 Å². The standard InChI is InChI=1S/C54H32O/c1-2-9-34(10-3-1)44-25-21-37-24-28-47-45(26-22-38-23-27-46(44)52(37)53(38)47)48-30-41(32-51-54(48)49-29-39-12-4-5-13-40(39)31-50(49)55-51)33-17-19-36(20-18-33)43-16-8-14-35-11-6-7-15-42(35)43/h1-32H. The molecule has 0 spiro atoms. The fourth-order valence-electron chi connectivity index (χ4n) is 9.20. The van der Waals surface area contributed by atoms with E-state index in [0.717, 1.165) is 33.1 Å². The van der Waals surface area contributed by atoms with Crippen LogP contribution in [0.5, 0.6) is 0 Å². The summed E-state index contributed by atoms with van der Waals surface area (Å²) in [7, 11) is 0. The highest BCUT2D eigenvalue weighted by Crippen LogP contribution is 2.47. The summed E-state index contributed by atoms with van der Waals surface area (Å²) in [5, 5.41) is 14.9. The predicted octanol–water partition coefficient (Wildman–Crippen LogP) is 15.5. The van der Waals surface area contributed by atoms with Crippen LogP contribution >= 0.6 is 0 Å². The van der Waals surface area contributed by atoms with E-state index >= 15 is 0 Å². The van der Waals surface area contributed by atoms with Gasteiger partial charge in [0.05, 0.1) is 0 Å². The summed E-state index contributed by atoms with van der Waals surface area (Å²) in [6, 6.07) is 71.1. The van der Waals surface area contributed by atoms with Gasteiger partial charge in [0.2, 0.25) is 0 Å². The van der Waals surface area contributed by atoms with Gasteiger partial charge in [0.25, 0.3) is 0 Å². The second-order valence-electron chi connectivity index (χ2n) is 14.8. The summed E-state index contributed by atoms with van der Waals surface area (Å²) in [5.41, 5.74) is 11.4. The molecule has 0 saturated heterocycles. The minimum atomic E-state index is 0.896. The van der Waals surface area contributed by atoms with E-state index in [1.807, 2.05) is 0 Å². The van der Waals surface area contributed by atoms with Crippen molar-refractivity contribution in [3.63, 3.8) is 0 Å². The van der Waals surface area contributed by atoms with Gasteiger partial charge in [-0.3, -0.25) is 0 Å². The molecular weight excluding hydrogens is 665 g/mol. The first kappa shape index (κ1) is 30.3. The van der Waals surface area contributed by atoms with Gasteiger partial charge in [-0.2, -0.15) is 0 Å². The molecule has 0 unspecified atom stereocenters. The maximum absolute atomic E-state index is 6.82. The first-order valence-corrected chi connectivity index (χ1v) is 19.0. The average Bonchev–Trinajstić information content (AvgIpc) is 3.61. The molecule has 0 bridgehead atoms. The Morgan fingerprint density at radius 2 is 0.818 bits per heavy atom. The van der Waals surface area contributed by atoms with Gasteiger partial charge in [-0.25, -0.2) is 0 Å². The quantitative estimate of drug-likeness (QED) is 0.167. The van der Waals surface area contributed by atoms with Crippen LogP contribution in [0.15, 0.2) is 199 Å². The van der Waals surface area contributed by atoms with Gasteiger partial charge in [-0.1, -0.05) is 170 Å². The monoisotopic (exact) mass is 696 g/mol. The number of fused-ring (bicyclic) bond motifs is 5. The molecule has 12 aromatic rings. The van der Waals surface area contributed by atoms with Crippen LogP contribution in [0.1, 0.15) is 0 Å². The van der Waals surface area contributed by atoms with Crippen LogP contribution in [0.3, 0.4) is 0 Å². The second-order valence-corrected chi connectivity index (χ2v) is 14.8. The van der Waals surface area contributed by atoms with Crippen molar-refractivity contribution >= 4 is 75.8 Å². The van der Waals surface area contributed by atoms with Crippen LogP contribution in [-0.2, 0) is 0 Å². The minimum absolute atomic E-state index is 0.896. The molecule has 0 aliphatic carbocycles. The Bertz CT molecular complexity index is 3450. The topological polar surface area (TPSA) is 13.1 Å². The van der Waals surface area contributed by atoms with E-state index in [1.54, 1.807) is 0 Å². The van der Waals surface area contributed by atoms with Crippen molar-refractivity contribution in [2.75, 3.05) is 0 Å². The van der Waals surface area contributed by atoms with Gasteiger partial charge >= 0.3 is 0 Å². The van der Waals surface area contributed by atoms with Crippen LogP contribution < -0.4 is 0 Å². The molecule has 55 heavy (non-hydrogen) atoms. The molecule has 0 aliphatic heterocycles. The summed E-state index contributed by atoms with van der Waals surface area (Å²) >= 11 is 0. The maximum Gasteiger partial charge on any atom is 0.136 e. The van der Waals surface area contributed by atoms with Gasteiger partial charge in [0.1, 0.15) is 11.2 Å². The molecule has 1 heterocycles. The van der Waals surface area contributed by atoms with Crippen molar-refractivity contribution in [2.45, 2.75) is 0 Å². The third-order valence-corrected chi connectivity index (χ3v) is 11.8. The molecule has 254 valence electrons. The van der Waals surface area contributed by atoms with E-state index in [2.05, 4.69) is 194 Å². The van der Waals surface area contributed by atoms with Crippen molar-refractivity contribution in [2.24, 2.45) is 0 Å². The lowest BCUT2D eigenvalue weighted by Gasteiger charge is -2.17. The van der Waals surface area contributed by atoms with Gasteiger partial charge in [-0.05, 0) is 123 Å². The summed E-state index contributed by atoms with van der Waals surface area (Å²) in [6.45, 7) is 0. The third kappa shape index (κ3) is 4.60. The lowest BCUT2D eigenvalue weighted by Crippen LogP contribution is -1.90. The summed E-state index contributed by atoms with van der Waals surface area (Å²) in [5.74, 6) is 0. The van der Waals surface area contributed by atoms with Gasteiger partial charge in [-0.15, -0.1) is 0 Å². The summed E-state index contributed by atoms with van der Waals surface area (Å²) in [6.07, 6.45) is 0. The van der Waals surface area contributed by atoms with Crippen LogP contribution in [-0.4, -0.2) is 0 Å². The first-order valence-electron chi connectivity index (χ1n) is 19.0. The fourth-order valence-corrected chi connectivity index (χ4v) is 9.20. The molecule has 0 aliphatic rings. The van der Waals surface area contributed by atoms with Crippen molar-refractivity contribution in [1.82, 2.24) is 0 Å². The molecule has 0 saturated carbocycles. The normalized spacial score (nSPS) is 12.0. The zero-order valence-electron chi connectivity index (χ0n) is 29.9. The van der Waals surface area contributed by atoms with Crippen molar-refractivity contribution in [3.05, 3.63) is 194 Å².